The molecule has 0 saturated heterocycles. The van der Waals surface area contributed by atoms with E-state index in [0.717, 1.165) is 23.5 Å². The molecule has 152 valence electrons. The predicted octanol–water partition coefficient (Wildman–Crippen LogP) is 4.49. The van der Waals surface area contributed by atoms with Crippen LogP contribution >= 0.6 is 0 Å². The van der Waals surface area contributed by atoms with Crippen LogP contribution in [0, 0.1) is 19.7 Å². The molecule has 0 aliphatic heterocycles. The summed E-state index contributed by atoms with van der Waals surface area (Å²) in [5.74, 6) is -1.42. The van der Waals surface area contributed by atoms with E-state index in [-0.39, 0.29) is 28.4 Å². The third-order valence-electron chi connectivity index (χ3n) is 4.09. The number of nitrogens with one attached hydrogen (secondary N) is 1. The lowest BCUT2D eigenvalue weighted by Gasteiger charge is -2.12. The van der Waals surface area contributed by atoms with E-state index in [0.29, 0.717) is 0 Å². The number of halogens is 3. The highest BCUT2D eigenvalue weighted by molar-refractivity contribution is 6.04. The highest BCUT2D eigenvalue weighted by atomic mass is 19.3. The second-order valence-corrected chi connectivity index (χ2v) is 6.20. The Kier molecular flexibility index (Phi) is 5.76. The van der Waals surface area contributed by atoms with Gasteiger partial charge in [-0.3, -0.25) is 4.79 Å². The number of hydrogen-bond donors (Lipinski definition) is 1. The molecule has 2 aromatic carbocycles. The summed E-state index contributed by atoms with van der Waals surface area (Å²) in [6.07, 6.45) is 0. The van der Waals surface area contributed by atoms with Crippen LogP contribution < -0.4 is 14.8 Å². The number of anilines is 1. The lowest BCUT2D eigenvalue weighted by atomic mass is 10.1. The van der Waals surface area contributed by atoms with E-state index in [1.807, 2.05) is 6.07 Å². The first-order chi connectivity index (χ1) is 13.8. The number of amides is 1. The highest BCUT2D eigenvalue weighted by Crippen LogP contribution is 2.30. The van der Waals surface area contributed by atoms with Crippen molar-refractivity contribution in [1.82, 2.24) is 9.78 Å². The van der Waals surface area contributed by atoms with Crippen LogP contribution in [0.25, 0.3) is 5.69 Å². The van der Waals surface area contributed by atoms with Gasteiger partial charge >= 0.3 is 6.61 Å². The van der Waals surface area contributed by atoms with Crippen LogP contribution in [-0.4, -0.2) is 29.4 Å². The predicted molar refractivity (Wildman–Crippen MR) is 101 cm³/mol. The number of benzene rings is 2. The molecule has 1 amide bonds. The first-order valence-electron chi connectivity index (χ1n) is 8.56. The lowest BCUT2D eigenvalue weighted by Crippen LogP contribution is -2.13. The monoisotopic (exact) mass is 405 g/mol. The normalized spacial score (nSPS) is 10.9. The molecule has 1 aromatic heterocycles. The molecule has 0 bridgehead atoms. The van der Waals surface area contributed by atoms with Crippen LogP contribution in [0.2, 0.25) is 0 Å². The van der Waals surface area contributed by atoms with Crippen molar-refractivity contribution in [3.05, 3.63) is 65.2 Å². The molecule has 0 aliphatic rings. The minimum atomic E-state index is -3.07. The minimum Gasteiger partial charge on any atom is -0.493 e. The van der Waals surface area contributed by atoms with Crippen LogP contribution in [0.1, 0.15) is 21.7 Å². The number of carbonyl (C=O) groups is 1. The van der Waals surface area contributed by atoms with Gasteiger partial charge in [-0.1, -0.05) is 0 Å². The summed E-state index contributed by atoms with van der Waals surface area (Å²) >= 11 is 0. The van der Waals surface area contributed by atoms with Crippen molar-refractivity contribution >= 4 is 11.6 Å². The Labute approximate surface area is 164 Å². The number of methoxy groups -OCH3 is 1. The van der Waals surface area contributed by atoms with Gasteiger partial charge in [0.15, 0.2) is 17.3 Å². The molecule has 0 aliphatic carbocycles. The average Bonchev–Trinajstić information content (AvgIpc) is 2.99. The standard InChI is InChI=1S/C20H18F3N3O3/c1-11-8-12(2)26(25-11)16-6-5-14(10-15(16)21)24-19(27)13-4-7-17(28-3)18(9-13)29-20(22)23/h4-10,20H,1-3H3,(H,24,27). The van der Waals surface area contributed by atoms with Crippen molar-refractivity contribution in [3.63, 3.8) is 0 Å². The van der Waals surface area contributed by atoms with Gasteiger partial charge in [0.2, 0.25) is 0 Å². The maximum absolute atomic E-state index is 14.6. The number of rotatable bonds is 6. The number of aromatic nitrogens is 2. The zero-order chi connectivity index (χ0) is 21.1. The summed E-state index contributed by atoms with van der Waals surface area (Å²) in [5, 5.41) is 6.75. The molecule has 9 heteroatoms. The van der Waals surface area contributed by atoms with E-state index in [4.69, 9.17) is 4.74 Å². The minimum absolute atomic E-state index is 0.0458. The molecule has 0 unspecified atom stereocenters. The summed E-state index contributed by atoms with van der Waals surface area (Å²) in [5.41, 5.74) is 2.00. The summed E-state index contributed by atoms with van der Waals surface area (Å²) in [4.78, 5) is 12.4. The Bertz CT molecular complexity index is 1050. The summed E-state index contributed by atoms with van der Waals surface area (Å²) in [6.45, 7) is 0.535. The third kappa shape index (κ3) is 4.50. The van der Waals surface area contributed by atoms with Crippen LogP contribution in [-0.2, 0) is 0 Å². The smallest absolute Gasteiger partial charge is 0.387 e. The van der Waals surface area contributed by atoms with Crippen LogP contribution in [0.3, 0.4) is 0 Å². The number of alkyl halides is 2. The molecule has 29 heavy (non-hydrogen) atoms. The van der Waals surface area contributed by atoms with Gasteiger partial charge in [0, 0.05) is 16.9 Å². The van der Waals surface area contributed by atoms with Gasteiger partial charge in [-0.25, -0.2) is 9.07 Å². The Morgan fingerprint density at radius 2 is 1.86 bits per heavy atom. The van der Waals surface area contributed by atoms with E-state index in [1.165, 1.54) is 36.1 Å². The van der Waals surface area contributed by atoms with Crippen molar-refractivity contribution in [3.8, 4) is 17.2 Å². The Balaban J connectivity index is 1.82. The van der Waals surface area contributed by atoms with E-state index >= 15 is 0 Å². The van der Waals surface area contributed by atoms with Crippen molar-refractivity contribution < 1.29 is 27.4 Å². The lowest BCUT2D eigenvalue weighted by molar-refractivity contribution is -0.0512. The molecule has 3 rings (SSSR count). The van der Waals surface area contributed by atoms with Gasteiger partial charge in [0.05, 0.1) is 12.8 Å². The molecule has 0 atom stereocenters. The molecular weight excluding hydrogens is 387 g/mol. The third-order valence-corrected chi connectivity index (χ3v) is 4.09. The van der Waals surface area contributed by atoms with Crippen molar-refractivity contribution in [1.29, 1.82) is 0 Å². The number of ether oxygens (including phenoxy) is 2. The number of carbonyl (C=O) groups excluding carboxylic acids is 1. The first-order valence-corrected chi connectivity index (χ1v) is 8.56. The number of aryl methyl sites for hydroxylation is 2. The molecule has 0 radical (unpaired) electrons. The number of nitrogens with zero attached hydrogens (tertiary/aromatic N) is 2. The Hall–Kier alpha value is -3.49. The molecule has 6 nitrogen and oxygen atoms in total. The van der Waals surface area contributed by atoms with Crippen LogP contribution in [0.5, 0.6) is 11.5 Å². The Morgan fingerprint density at radius 3 is 2.45 bits per heavy atom. The topological polar surface area (TPSA) is 65.4 Å². The molecule has 0 spiro atoms. The fourth-order valence-electron chi connectivity index (χ4n) is 2.84. The van der Waals surface area contributed by atoms with Crippen molar-refractivity contribution in [2.45, 2.75) is 20.5 Å². The molecule has 0 fully saturated rings. The Morgan fingerprint density at radius 1 is 1.10 bits per heavy atom. The SMILES string of the molecule is COc1ccc(C(=O)Nc2ccc(-n3nc(C)cc3C)c(F)c2)cc1OC(F)F. The van der Waals surface area contributed by atoms with Gasteiger partial charge in [-0.15, -0.1) is 0 Å². The number of hydrogen-bond acceptors (Lipinski definition) is 4. The summed E-state index contributed by atoms with van der Waals surface area (Å²) in [6, 6.07) is 9.82. The largest absolute Gasteiger partial charge is 0.493 e. The molecular formula is C20H18F3N3O3. The van der Waals surface area contributed by atoms with Gasteiger partial charge in [0.25, 0.3) is 5.91 Å². The van der Waals surface area contributed by atoms with Crippen LogP contribution in [0.15, 0.2) is 42.5 Å². The van der Waals surface area contributed by atoms with Crippen molar-refractivity contribution in [2.24, 2.45) is 0 Å². The van der Waals surface area contributed by atoms with Crippen LogP contribution in [0.4, 0.5) is 18.9 Å². The maximum Gasteiger partial charge on any atom is 0.387 e. The first kappa shape index (κ1) is 20.2. The summed E-state index contributed by atoms with van der Waals surface area (Å²) < 4.78 is 50.4. The van der Waals surface area contributed by atoms with Gasteiger partial charge in [0.1, 0.15) is 5.69 Å². The molecule has 3 aromatic rings. The van der Waals surface area contributed by atoms with Gasteiger partial charge in [-0.2, -0.15) is 13.9 Å². The van der Waals surface area contributed by atoms with E-state index in [1.54, 1.807) is 13.8 Å². The average molecular weight is 405 g/mol. The van der Waals surface area contributed by atoms with Gasteiger partial charge in [-0.05, 0) is 56.3 Å². The molecule has 0 saturated carbocycles. The highest BCUT2D eigenvalue weighted by Gasteiger charge is 2.16. The zero-order valence-corrected chi connectivity index (χ0v) is 15.9. The van der Waals surface area contributed by atoms with E-state index in [2.05, 4.69) is 15.2 Å². The van der Waals surface area contributed by atoms with E-state index < -0.39 is 18.3 Å². The van der Waals surface area contributed by atoms with Crippen molar-refractivity contribution in [2.75, 3.05) is 12.4 Å². The zero-order valence-electron chi connectivity index (χ0n) is 15.9. The molecule has 1 N–H and O–H groups in total. The second kappa shape index (κ2) is 8.26. The maximum atomic E-state index is 14.6. The fourth-order valence-corrected chi connectivity index (χ4v) is 2.84. The quantitative estimate of drug-likeness (QED) is 0.656. The van der Waals surface area contributed by atoms with Gasteiger partial charge < -0.3 is 14.8 Å². The summed E-state index contributed by atoms with van der Waals surface area (Å²) in [7, 11) is 1.29. The van der Waals surface area contributed by atoms with E-state index in [9.17, 15) is 18.0 Å². The fraction of sp³-hybridized carbons (Fsp3) is 0.200. The second-order valence-electron chi connectivity index (χ2n) is 6.20. The molecule has 1 heterocycles.